The first-order chi connectivity index (χ1) is 12.5. The van der Waals surface area contributed by atoms with Crippen molar-refractivity contribution >= 4 is 39.5 Å². The third-order valence-corrected chi connectivity index (χ3v) is 4.61. The normalized spacial score (nSPS) is 18.3. The van der Waals surface area contributed by atoms with E-state index in [-0.39, 0.29) is 22.9 Å². The predicted molar refractivity (Wildman–Crippen MR) is 99.0 cm³/mol. The summed E-state index contributed by atoms with van der Waals surface area (Å²) in [4.78, 5) is 35.3. The lowest BCUT2D eigenvalue weighted by molar-refractivity contribution is -0.385. The van der Waals surface area contributed by atoms with Crippen LogP contribution in [0.2, 0.25) is 0 Å². The molecule has 2 aromatic rings. The monoisotopic (exact) mass is 415 g/mol. The van der Waals surface area contributed by atoms with Gasteiger partial charge in [0.2, 0.25) is 5.91 Å². The highest BCUT2D eigenvalue weighted by Gasteiger charge is 2.30. The summed E-state index contributed by atoms with van der Waals surface area (Å²) in [5.41, 5.74) is 0.931. The van der Waals surface area contributed by atoms with Crippen LogP contribution in [0.15, 0.2) is 58.7 Å². The van der Waals surface area contributed by atoms with Gasteiger partial charge in [0, 0.05) is 17.0 Å². The van der Waals surface area contributed by atoms with E-state index in [0.717, 1.165) is 5.56 Å². The quantitative estimate of drug-likeness (QED) is 0.455. The van der Waals surface area contributed by atoms with Gasteiger partial charge in [-0.15, -0.1) is 0 Å². The number of hydrogen-bond acceptors (Lipinski definition) is 4. The van der Waals surface area contributed by atoms with Gasteiger partial charge in [-0.1, -0.05) is 36.4 Å². The third-order valence-electron chi connectivity index (χ3n) is 3.92. The second kappa shape index (κ2) is 7.49. The van der Waals surface area contributed by atoms with Gasteiger partial charge in [-0.2, -0.15) is 0 Å². The summed E-state index contributed by atoms with van der Waals surface area (Å²) in [6, 6.07) is 13.1. The lowest BCUT2D eigenvalue weighted by Crippen LogP contribution is -2.55. The van der Waals surface area contributed by atoms with Gasteiger partial charge in [0.25, 0.3) is 11.6 Å². The molecule has 0 saturated carbocycles. The molecule has 8 heteroatoms. The van der Waals surface area contributed by atoms with Crippen molar-refractivity contribution in [3.8, 4) is 0 Å². The number of benzene rings is 2. The molecule has 2 amide bonds. The van der Waals surface area contributed by atoms with Crippen molar-refractivity contribution in [2.45, 2.75) is 12.5 Å². The first-order valence-corrected chi connectivity index (χ1v) is 8.55. The Morgan fingerprint density at radius 1 is 1.12 bits per heavy atom. The Morgan fingerprint density at radius 3 is 2.54 bits per heavy atom. The topological polar surface area (TPSA) is 101 Å². The number of nitro benzene ring substituents is 1. The van der Waals surface area contributed by atoms with Crippen molar-refractivity contribution < 1.29 is 14.5 Å². The molecule has 2 aromatic carbocycles. The second-order valence-electron chi connectivity index (χ2n) is 5.69. The number of nitrogens with zero attached hydrogens (tertiary/aromatic N) is 1. The molecule has 0 radical (unpaired) electrons. The van der Waals surface area contributed by atoms with Gasteiger partial charge in [-0.25, -0.2) is 0 Å². The van der Waals surface area contributed by atoms with Crippen LogP contribution in [0.3, 0.4) is 0 Å². The zero-order chi connectivity index (χ0) is 18.7. The SMILES string of the molecule is O=C1NC(Cc2ccccc2)C(=O)N/C1=C/c1c(Br)cccc1[N+](=O)[O-]. The van der Waals surface area contributed by atoms with E-state index in [1.807, 2.05) is 30.3 Å². The fourth-order valence-corrected chi connectivity index (χ4v) is 3.12. The van der Waals surface area contributed by atoms with Crippen LogP contribution < -0.4 is 10.6 Å². The molecule has 0 spiro atoms. The molecule has 2 N–H and O–H groups in total. The summed E-state index contributed by atoms with van der Waals surface area (Å²) in [6.07, 6.45) is 1.66. The molecule has 0 aliphatic carbocycles. The highest BCUT2D eigenvalue weighted by molar-refractivity contribution is 9.10. The van der Waals surface area contributed by atoms with E-state index in [1.165, 1.54) is 18.2 Å². The Balaban J connectivity index is 1.85. The van der Waals surface area contributed by atoms with Gasteiger partial charge in [-0.3, -0.25) is 19.7 Å². The molecular formula is C18H14BrN3O4. The summed E-state index contributed by atoms with van der Waals surface area (Å²) in [5.74, 6) is -0.856. The molecule has 132 valence electrons. The summed E-state index contributed by atoms with van der Waals surface area (Å²) in [7, 11) is 0. The molecule has 26 heavy (non-hydrogen) atoms. The molecule has 1 aliphatic heterocycles. The van der Waals surface area contributed by atoms with Crippen LogP contribution >= 0.6 is 15.9 Å². The van der Waals surface area contributed by atoms with Crippen molar-refractivity contribution in [3.05, 3.63) is 79.9 Å². The Morgan fingerprint density at radius 2 is 1.85 bits per heavy atom. The minimum absolute atomic E-state index is 0.0330. The van der Waals surface area contributed by atoms with Crippen molar-refractivity contribution in [2.24, 2.45) is 0 Å². The van der Waals surface area contributed by atoms with Crippen LogP contribution in [0.25, 0.3) is 6.08 Å². The lowest BCUT2D eigenvalue weighted by Gasteiger charge is -2.25. The molecule has 0 aromatic heterocycles. The standard InChI is InChI=1S/C18H14BrN3O4/c19-13-7-4-8-16(22(25)26)12(13)10-15-18(24)20-14(17(23)21-15)9-11-5-2-1-3-6-11/h1-8,10,14H,9H2,(H,20,24)(H,21,23)/b15-10+. The minimum Gasteiger partial charge on any atom is -0.339 e. The average molecular weight is 416 g/mol. The van der Waals surface area contributed by atoms with Crippen LogP contribution in [0, 0.1) is 10.1 Å². The van der Waals surface area contributed by atoms with E-state index in [4.69, 9.17) is 0 Å². The smallest absolute Gasteiger partial charge is 0.277 e. The number of nitro groups is 1. The molecule has 1 aliphatic rings. The van der Waals surface area contributed by atoms with Gasteiger partial charge >= 0.3 is 0 Å². The number of carbonyl (C=O) groups excluding carboxylic acids is 2. The summed E-state index contributed by atoms with van der Waals surface area (Å²) in [6.45, 7) is 0. The highest BCUT2D eigenvalue weighted by atomic mass is 79.9. The Kier molecular flexibility index (Phi) is 5.13. The number of amides is 2. The molecule has 1 atom stereocenters. The summed E-state index contributed by atoms with van der Waals surface area (Å²) in [5, 5.41) is 16.4. The number of carbonyl (C=O) groups is 2. The minimum atomic E-state index is -0.698. The fourth-order valence-electron chi connectivity index (χ4n) is 2.65. The van der Waals surface area contributed by atoms with Crippen molar-refractivity contribution in [1.82, 2.24) is 10.6 Å². The van der Waals surface area contributed by atoms with Crippen molar-refractivity contribution in [3.63, 3.8) is 0 Å². The first kappa shape index (κ1) is 17.8. The Hall–Kier alpha value is -3.00. The molecule has 1 fully saturated rings. The Labute approximate surface area is 157 Å². The fraction of sp³-hybridized carbons (Fsp3) is 0.111. The molecule has 3 rings (SSSR count). The van der Waals surface area contributed by atoms with Crippen LogP contribution in [0.1, 0.15) is 11.1 Å². The highest BCUT2D eigenvalue weighted by Crippen LogP contribution is 2.29. The van der Waals surface area contributed by atoms with Crippen LogP contribution in [0.4, 0.5) is 5.69 Å². The predicted octanol–water partition coefficient (Wildman–Crippen LogP) is 2.56. The van der Waals surface area contributed by atoms with Crippen molar-refractivity contribution in [1.29, 1.82) is 0 Å². The van der Waals surface area contributed by atoms with Gasteiger partial charge in [0.1, 0.15) is 11.7 Å². The van der Waals surface area contributed by atoms with E-state index in [0.29, 0.717) is 10.9 Å². The van der Waals surface area contributed by atoms with Crippen molar-refractivity contribution in [2.75, 3.05) is 0 Å². The number of halogens is 1. The van der Waals surface area contributed by atoms with E-state index in [2.05, 4.69) is 26.6 Å². The average Bonchev–Trinajstić information content (AvgIpc) is 2.61. The van der Waals surface area contributed by atoms with E-state index < -0.39 is 16.9 Å². The van der Waals surface area contributed by atoms with Crippen LogP contribution in [-0.4, -0.2) is 22.8 Å². The van der Waals surface area contributed by atoms with E-state index in [9.17, 15) is 19.7 Å². The van der Waals surface area contributed by atoms with E-state index >= 15 is 0 Å². The number of piperazine rings is 1. The molecule has 1 saturated heterocycles. The number of nitrogens with one attached hydrogen (secondary N) is 2. The molecule has 1 heterocycles. The summed E-state index contributed by atoms with van der Waals surface area (Å²) < 4.78 is 0.452. The van der Waals surface area contributed by atoms with Crippen LogP contribution in [0.5, 0.6) is 0 Å². The van der Waals surface area contributed by atoms with Gasteiger partial charge < -0.3 is 10.6 Å². The van der Waals surface area contributed by atoms with Crippen LogP contribution in [-0.2, 0) is 16.0 Å². The maximum atomic E-state index is 12.4. The molecule has 7 nitrogen and oxygen atoms in total. The molecular weight excluding hydrogens is 402 g/mol. The summed E-state index contributed by atoms with van der Waals surface area (Å²) >= 11 is 3.24. The maximum absolute atomic E-state index is 12.4. The largest absolute Gasteiger partial charge is 0.339 e. The zero-order valence-electron chi connectivity index (χ0n) is 13.4. The van der Waals surface area contributed by atoms with Gasteiger partial charge in [0.05, 0.1) is 10.5 Å². The molecule has 1 unspecified atom stereocenters. The Bertz CT molecular complexity index is 912. The lowest BCUT2D eigenvalue weighted by atomic mass is 10.0. The van der Waals surface area contributed by atoms with Gasteiger partial charge in [0.15, 0.2) is 0 Å². The second-order valence-corrected chi connectivity index (χ2v) is 6.55. The van der Waals surface area contributed by atoms with Gasteiger partial charge in [-0.05, 0) is 33.6 Å². The number of hydrogen-bond donors (Lipinski definition) is 2. The third kappa shape index (κ3) is 3.80. The van der Waals surface area contributed by atoms with E-state index in [1.54, 1.807) is 6.07 Å². The zero-order valence-corrected chi connectivity index (χ0v) is 15.0. The molecule has 0 bridgehead atoms. The maximum Gasteiger partial charge on any atom is 0.277 e. The number of rotatable bonds is 4. The first-order valence-electron chi connectivity index (χ1n) is 7.76.